The van der Waals surface area contributed by atoms with Crippen molar-refractivity contribution in [1.82, 2.24) is 15.1 Å². The molecule has 1 heterocycles. The van der Waals surface area contributed by atoms with Crippen LogP contribution in [0.3, 0.4) is 0 Å². The second kappa shape index (κ2) is 8.01. The van der Waals surface area contributed by atoms with Crippen LogP contribution in [0.2, 0.25) is 0 Å². The summed E-state index contributed by atoms with van der Waals surface area (Å²) in [5.74, 6) is 0. The zero-order chi connectivity index (χ0) is 11.8. The molecule has 1 unspecified atom stereocenters. The minimum absolute atomic E-state index is 0.704. The van der Waals surface area contributed by atoms with Crippen LogP contribution in [0, 0.1) is 0 Å². The maximum absolute atomic E-state index is 4.99. The highest BCUT2D eigenvalue weighted by Crippen LogP contribution is 2.06. The van der Waals surface area contributed by atoms with E-state index in [2.05, 4.69) is 29.1 Å². The summed E-state index contributed by atoms with van der Waals surface area (Å²) in [6, 6.07) is 0.704. The van der Waals surface area contributed by atoms with Crippen LogP contribution in [-0.2, 0) is 4.74 Å². The quantitative estimate of drug-likeness (QED) is 0.633. The topological polar surface area (TPSA) is 27.7 Å². The molecule has 1 aliphatic heterocycles. The van der Waals surface area contributed by atoms with E-state index in [1.54, 1.807) is 7.11 Å². The van der Waals surface area contributed by atoms with E-state index in [4.69, 9.17) is 4.74 Å². The number of hydrogen-bond donors (Lipinski definition) is 1. The first-order valence-electron chi connectivity index (χ1n) is 6.36. The smallest absolute Gasteiger partial charge is 0.0587 e. The predicted octanol–water partition coefficient (Wildman–Crippen LogP) is 0.248. The molecule has 0 saturated carbocycles. The Hall–Kier alpha value is -0.160. The van der Waals surface area contributed by atoms with Crippen LogP contribution in [0.1, 0.15) is 13.3 Å². The van der Waals surface area contributed by atoms with Crippen LogP contribution < -0.4 is 5.32 Å². The maximum Gasteiger partial charge on any atom is 0.0587 e. The van der Waals surface area contributed by atoms with Gasteiger partial charge in [-0.05, 0) is 33.5 Å². The lowest BCUT2D eigenvalue weighted by Gasteiger charge is -2.37. The van der Waals surface area contributed by atoms with Gasteiger partial charge in [0.05, 0.1) is 6.61 Å². The Kier molecular flexibility index (Phi) is 6.96. The molecule has 16 heavy (non-hydrogen) atoms. The zero-order valence-electron chi connectivity index (χ0n) is 11.0. The fourth-order valence-electron chi connectivity index (χ4n) is 2.05. The summed E-state index contributed by atoms with van der Waals surface area (Å²) in [5.41, 5.74) is 0. The number of hydrogen-bond acceptors (Lipinski definition) is 4. The third kappa shape index (κ3) is 5.25. The summed E-state index contributed by atoms with van der Waals surface area (Å²) >= 11 is 0. The van der Waals surface area contributed by atoms with E-state index in [0.717, 1.165) is 19.7 Å². The van der Waals surface area contributed by atoms with Crippen molar-refractivity contribution in [2.24, 2.45) is 0 Å². The van der Waals surface area contributed by atoms with Gasteiger partial charge in [-0.2, -0.15) is 0 Å². The van der Waals surface area contributed by atoms with Gasteiger partial charge in [-0.25, -0.2) is 0 Å². The number of methoxy groups -OCH3 is 1. The minimum atomic E-state index is 0.704. The molecule has 1 N–H and O–H groups in total. The first-order valence-corrected chi connectivity index (χ1v) is 6.36. The van der Waals surface area contributed by atoms with E-state index in [1.165, 1.54) is 32.6 Å². The second-order valence-electron chi connectivity index (χ2n) is 4.73. The standard InChI is InChI=1S/C12H27N3O/c1-12-11-15(9-8-14(12)2)7-4-5-13-6-10-16-3/h12-13H,4-11H2,1-3H3. The second-order valence-corrected chi connectivity index (χ2v) is 4.73. The average Bonchev–Trinajstić information content (AvgIpc) is 2.28. The van der Waals surface area contributed by atoms with Gasteiger partial charge in [-0.1, -0.05) is 0 Å². The molecule has 1 saturated heterocycles. The predicted molar refractivity (Wildman–Crippen MR) is 67.9 cm³/mol. The molecule has 4 nitrogen and oxygen atoms in total. The fraction of sp³-hybridized carbons (Fsp3) is 1.00. The summed E-state index contributed by atoms with van der Waals surface area (Å²) in [6.07, 6.45) is 1.24. The molecule has 1 aliphatic rings. The average molecular weight is 229 g/mol. The highest BCUT2D eigenvalue weighted by molar-refractivity contribution is 4.76. The van der Waals surface area contributed by atoms with Crippen molar-refractivity contribution in [2.45, 2.75) is 19.4 Å². The zero-order valence-corrected chi connectivity index (χ0v) is 11.0. The Morgan fingerprint density at radius 2 is 2.12 bits per heavy atom. The first kappa shape index (κ1) is 13.9. The largest absolute Gasteiger partial charge is 0.383 e. The van der Waals surface area contributed by atoms with Gasteiger partial charge in [0.1, 0.15) is 0 Å². The molecule has 0 aliphatic carbocycles. The van der Waals surface area contributed by atoms with Crippen molar-refractivity contribution in [3.05, 3.63) is 0 Å². The van der Waals surface area contributed by atoms with Gasteiger partial charge in [0.25, 0.3) is 0 Å². The minimum Gasteiger partial charge on any atom is -0.383 e. The molecule has 4 heteroatoms. The van der Waals surface area contributed by atoms with Crippen LogP contribution in [-0.4, -0.2) is 75.9 Å². The normalized spacial score (nSPS) is 23.8. The lowest BCUT2D eigenvalue weighted by atomic mass is 10.2. The van der Waals surface area contributed by atoms with E-state index in [-0.39, 0.29) is 0 Å². The molecule has 0 aromatic carbocycles. The first-order chi connectivity index (χ1) is 7.74. The van der Waals surface area contributed by atoms with Crippen molar-refractivity contribution in [1.29, 1.82) is 0 Å². The Labute approximate surface area is 99.9 Å². The molecular formula is C12H27N3O. The SMILES string of the molecule is COCCNCCCN1CCN(C)C(C)C1. The Morgan fingerprint density at radius 1 is 1.31 bits per heavy atom. The third-order valence-electron chi connectivity index (χ3n) is 3.35. The number of piperazine rings is 1. The number of ether oxygens (including phenoxy) is 1. The highest BCUT2D eigenvalue weighted by Gasteiger charge is 2.19. The number of nitrogens with zero attached hydrogens (tertiary/aromatic N) is 2. The van der Waals surface area contributed by atoms with Gasteiger partial charge < -0.3 is 19.9 Å². The van der Waals surface area contributed by atoms with Crippen molar-refractivity contribution in [3.8, 4) is 0 Å². The van der Waals surface area contributed by atoms with Crippen LogP contribution in [0.15, 0.2) is 0 Å². The van der Waals surface area contributed by atoms with Gasteiger partial charge in [0.2, 0.25) is 0 Å². The van der Waals surface area contributed by atoms with Crippen LogP contribution in [0.5, 0.6) is 0 Å². The maximum atomic E-state index is 4.99. The summed E-state index contributed by atoms with van der Waals surface area (Å²) in [4.78, 5) is 5.01. The monoisotopic (exact) mass is 229 g/mol. The van der Waals surface area contributed by atoms with Gasteiger partial charge in [-0.15, -0.1) is 0 Å². The van der Waals surface area contributed by atoms with E-state index in [1.807, 2.05) is 0 Å². The summed E-state index contributed by atoms with van der Waals surface area (Å²) in [5, 5.41) is 3.38. The van der Waals surface area contributed by atoms with Crippen molar-refractivity contribution in [3.63, 3.8) is 0 Å². The molecule has 0 bridgehead atoms. The van der Waals surface area contributed by atoms with Gasteiger partial charge in [-0.3, -0.25) is 0 Å². The van der Waals surface area contributed by atoms with E-state index in [9.17, 15) is 0 Å². The molecule has 1 rings (SSSR count). The number of rotatable bonds is 7. The lowest BCUT2D eigenvalue weighted by Crippen LogP contribution is -2.50. The molecule has 1 atom stereocenters. The molecular weight excluding hydrogens is 202 g/mol. The van der Waals surface area contributed by atoms with Crippen molar-refractivity contribution >= 4 is 0 Å². The third-order valence-corrected chi connectivity index (χ3v) is 3.35. The molecule has 0 amide bonds. The summed E-state index contributed by atoms with van der Waals surface area (Å²) in [7, 11) is 3.96. The van der Waals surface area contributed by atoms with Crippen molar-refractivity contribution < 1.29 is 4.74 Å². The molecule has 1 fully saturated rings. The Bertz CT molecular complexity index is 178. The van der Waals surface area contributed by atoms with Crippen molar-refractivity contribution in [2.75, 3.05) is 60.0 Å². The highest BCUT2D eigenvalue weighted by atomic mass is 16.5. The molecule has 0 radical (unpaired) electrons. The van der Waals surface area contributed by atoms with Gasteiger partial charge in [0.15, 0.2) is 0 Å². The van der Waals surface area contributed by atoms with Crippen LogP contribution in [0.25, 0.3) is 0 Å². The molecule has 0 aromatic rings. The number of likely N-dealkylation sites (N-methyl/N-ethyl adjacent to an activating group) is 1. The summed E-state index contributed by atoms with van der Waals surface area (Å²) in [6.45, 7) is 10.1. The van der Waals surface area contributed by atoms with Gasteiger partial charge >= 0.3 is 0 Å². The van der Waals surface area contributed by atoms with Gasteiger partial charge in [0, 0.05) is 39.3 Å². The number of nitrogens with one attached hydrogen (secondary N) is 1. The van der Waals surface area contributed by atoms with E-state index in [0.29, 0.717) is 6.04 Å². The Balaban J connectivity index is 1.97. The fourth-order valence-corrected chi connectivity index (χ4v) is 2.05. The van der Waals surface area contributed by atoms with Crippen LogP contribution in [0.4, 0.5) is 0 Å². The lowest BCUT2D eigenvalue weighted by molar-refractivity contribution is 0.104. The van der Waals surface area contributed by atoms with E-state index >= 15 is 0 Å². The molecule has 0 spiro atoms. The Morgan fingerprint density at radius 3 is 2.81 bits per heavy atom. The summed E-state index contributed by atoms with van der Waals surface area (Å²) < 4.78 is 4.99. The molecule has 96 valence electrons. The van der Waals surface area contributed by atoms with E-state index < -0.39 is 0 Å². The van der Waals surface area contributed by atoms with Crippen LogP contribution >= 0.6 is 0 Å². The molecule has 0 aromatic heterocycles.